The number of nitrogens with zero attached hydrogens (tertiary/aromatic N) is 3. The minimum absolute atomic E-state index is 0.0841. The Morgan fingerprint density at radius 2 is 2.42 bits per heavy atom. The van der Waals surface area contributed by atoms with Gasteiger partial charge in [0.1, 0.15) is 0 Å². The predicted molar refractivity (Wildman–Crippen MR) is 43.4 cm³/mol. The summed E-state index contributed by atoms with van der Waals surface area (Å²) in [6, 6.07) is 0. The summed E-state index contributed by atoms with van der Waals surface area (Å²) in [6.45, 7) is 0. The van der Waals surface area contributed by atoms with Gasteiger partial charge in [-0.1, -0.05) is 0 Å². The number of nitrogen functional groups attached to an aromatic ring is 1. The van der Waals surface area contributed by atoms with E-state index in [4.69, 9.17) is 5.73 Å². The maximum atomic E-state index is 11.2. The Hall–Kier alpha value is -0.980. The first-order valence-corrected chi connectivity index (χ1v) is 6.61. The number of nitrogens with one attached hydrogen (secondary N) is 1. The van der Waals surface area contributed by atoms with E-state index in [0.717, 1.165) is 0 Å². The van der Waals surface area contributed by atoms with Crippen molar-refractivity contribution in [3.8, 4) is 0 Å². The molecule has 0 aromatic carbocycles. The molecule has 58 valence electrons. The third kappa shape index (κ3) is 1.20. The molecular formula is C5H4InN5O. The van der Waals surface area contributed by atoms with Crippen LogP contribution in [0.4, 0.5) is 5.95 Å². The van der Waals surface area contributed by atoms with Gasteiger partial charge in [0.15, 0.2) is 0 Å². The fraction of sp³-hybridized carbons (Fsp3) is 0. The summed E-state index contributed by atoms with van der Waals surface area (Å²) in [5.74, 6) is 0.0841. The number of rotatable bonds is 0. The molecule has 12 heavy (non-hydrogen) atoms. The van der Waals surface area contributed by atoms with Crippen LogP contribution >= 0.6 is 0 Å². The zero-order valence-electron chi connectivity index (χ0n) is 5.98. The molecule has 0 unspecified atom stereocenters. The normalized spacial score (nSPS) is 12.3. The topological polar surface area (TPSA) is 96.5 Å². The molecule has 1 aliphatic rings. The predicted octanol–water partition coefficient (Wildman–Crippen LogP) is -3.02. The SMILES string of the molecule is Nc1nc2c(c(=O)[nH]1)=[N][In]=[CH]N=2. The van der Waals surface area contributed by atoms with Crippen molar-refractivity contribution in [2.45, 2.75) is 0 Å². The molecule has 0 bridgehead atoms. The van der Waals surface area contributed by atoms with Crippen molar-refractivity contribution in [1.82, 2.24) is 9.97 Å². The van der Waals surface area contributed by atoms with Gasteiger partial charge in [-0.2, -0.15) is 0 Å². The second-order valence-electron chi connectivity index (χ2n) is 2.18. The number of H-pyrrole nitrogens is 1. The summed E-state index contributed by atoms with van der Waals surface area (Å²) < 4.78 is 5.88. The van der Waals surface area contributed by atoms with Crippen molar-refractivity contribution < 1.29 is 0 Å². The molecule has 0 saturated heterocycles. The van der Waals surface area contributed by atoms with E-state index >= 15 is 0 Å². The van der Waals surface area contributed by atoms with Gasteiger partial charge in [0.25, 0.3) is 0 Å². The minimum atomic E-state index is -1.11. The number of hydrogen-bond acceptors (Lipinski definition) is 5. The molecule has 0 amide bonds. The van der Waals surface area contributed by atoms with E-state index in [1.54, 1.807) is 3.88 Å². The molecule has 2 rings (SSSR count). The van der Waals surface area contributed by atoms with E-state index < -0.39 is 22.7 Å². The molecule has 7 heteroatoms. The summed E-state index contributed by atoms with van der Waals surface area (Å²) in [4.78, 5) is 21.3. The van der Waals surface area contributed by atoms with Crippen LogP contribution in [-0.4, -0.2) is 36.6 Å². The van der Waals surface area contributed by atoms with E-state index in [9.17, 15) is 4.79 Å². The van der Waals surface area contributed by atoms with Crippen LogP contribution in [0.1, 0.15) is 0 Å². The van der Waals surface area contributed by atoms with Crippen LogP contribution in [0.3, 0.4) is 0 Å². The van der Waals surface area contributed by atoms with E-state index in [2.05, 4.69) is 17.9 Å². The molecule has 0 spiro atoms. The maximum absolute atomic E-state index is 11.2. The van der Waals surface area contributed by atoms with E-state index in [-0.39, 0.29) is 11.5 Å². The number of aromatic amines is 1. The average Bonchev–Trinajstić information content (AvgIpc) is 2.04. The van der Waals surface area contributed by atoms with Crippen LogP contribution in [0.25, 0.3) is 0 Å². The van der Waals surface area contributed by atoms with Crippen molar-refractivity contribution in [2.24, 2.45) is 7.97 Å². The summed E-state index contributed by atoms with van der Waals surface area (Å²) in [5.41, 5.74) is 5.37. The zero-order valence-corrected chi connectivity index (χ0v) is 9.28. The fourth-order valence-electron chi connectivity index (χ4n) is 0.890. The third-order valence-electron chi connectivity index (χ3n) is 1.36. The van der Waals surface area contributed by atoms with Gasteiger partial charge in [0.05, 0.1) is 0 Å². The standard InChI is InChI=1S/C5H4N5O.In/c1-8-3-2(6)4(11)10-5(7)9-3;/h1H,(H3,7,9,10,11);/q-1;+1. The van der Waals surface area contributed by atoms with Gasteiger partial charge in [0, 0.05) is 0 Å². The average molecular weight is 265 g/mol. The number of fused-ring (bicyclic) bond motifs is 1. The Labute approximate surface area is 77.5 Å². The molecule has 2 heterocycles. The van der Waals surface area contributed by atoms with Crippen molar-refractivity contribution in [3.63, 3.8) is 0 Å². The number of nitrogens with two attached hydrogens (primary N) is 1. The van der Waals surface area contributed by atoms with Gasteiger partial charge in [-0.15, -0.1) is 0 Å². The number of anilines is 1. The zero-order chi connectivity index (χ0) is 8.55. The van der Waals surface area contributed by atoms with Crippen LogP contribution in [0.2, 0.25) is 0 Å². The molecule has 6 nitrogen and oxygen atoms in total. The van der Waals surface area contributed by atoms with Crippen LogP contribution in [0, 0.1) is 0 Å². The fourth-order valence-corrected chi connectivity index (χ4v) is 2.76. The van der Waals surface area contributed by atoms with E-state index in [1.807, 2.05) is 0 Å². The molecule has 1 aliphatic heterocycles. The Kier molecular flexibility index (Phi) is 1.80. The molecule has 0 radical (unpaired) electrons. The molecule has 0 fully saturated rings. The first-order chi connectivity index (χ1) is 5.77. The molecule has 1 aromatic rings. The summed E-state index contributed by atoms with van der Waals surface area (Å²) in [7, 11) is 0. The third-order valence-corrected chi connectivity index (χ3v) is 3.33. The Bertz CT molecular complexity index is 516. The van der Waals surface area contributed by atoms with Crippen LogP contribution in [0.5, 0.6) is 0 Å². The molecule has 0 saturated carbocycles. The first kappa shape index (κ1) is 7.66. The van der Waals surface area contributed by atoms with Gasteiger partial charge in [-0.05, 0) is 0 Å². The van der Waals surface area contributed by atoms with E-state index in [1.165, 1.54) is 0 Å². The van der Waals surface area contributed by atoms with Crippen molar-refractivity contribution in [1.29, 1.82) is 0 Å². The Morgan fingerprint density at radius 3 is 3.25 bits per heavy atom. The Balaban J connectivity index is 3.03. The quantitative estimate of drug-likeness (QED) is 0.522. The number of aromatic nitrogens is 2. The monoisotopic (exact) mass is 265 g/mol. The van der Waals surface area contributed by atoms with Gasteiger partial charge in [0.2, 0.25) is 0 Å². The second kappa shape index (κ2) is 2.81. The van der Waals surface area contributed by atoms with Crippen LogP contribution < -0.4 is 22.1 Å². The molecular weight excluding hydrogens is 261 g/mol. The van der Waals surface area contributed by atoms with Gasteiger partial charge in [-0.3, -0.25) is 0 Å². The second-order valence-corrected chi connectivity index (χ2v) is 4.62. The summed E-state index contributed by atoms with van der Waals surface area (Å²) >= 11 is -1.11. The molecule has 0 atom stereocenters. The van der Waals surface area contributed by atoms with Crippen molar-refractivity contribution in [2.75, 3.05) is 5.73 Å². The van der Waals surface area contributed by atoms with Crippen LogP contribution in [0.15, 0.2) is 12.8 Å². The molecule has 3 N–H and O–H groups in total. The number of hydrogen-bond donors (Lipinski definition) is 2. The van der Waals surface area contributed by atoms with E-state index in [0.29, 0.717) is 10.8 Å². The van der Waals surface area contributed by atoms with Gasteiger partial charge < -0.3 is 0 Å². The first-order valence-electron chi connectivity index (χ1n) is 3.24. The summed E-state index contributed by atoms with van der Waals surface area (Å²) in [5, 5.41) is 0.341. The Morgan fingerprint density at radius 1 is 1.58 bits per heavy atom. The van der Waals surface area contributed by atoms with Gasteiger partial charge in [-0.25, -0.2) is 0 Å². The molecule has 0 aliphatic carbocycles. The van der Waals surface area contributed by atoms with Crippen molar-refractivity contribution >= 4 is 32.5 Å². The van der Waals surface area contributed by atoms with Gasteiger partial charge >= 0.3 is 77.4 Å². The summed E-state index contributed by atoms with van der Waals surface area (Å²) in [6.07, 6.45) is 0. The molecule has 1 aromatic heterocycles. The van der Waals surface area contributed by atoms with Crippen molar-refractivity contribution in [3.05, 3.63) is 21.2 Å². The van der Waals surface area contributed by atoms with Crippen LogP contribution in [-0.2, 0) is 0 Å².